The molecule has 1 aromatic carbocycles. The Morgan fingerprint density at radius 1 is 1.39 bits per heavy atom. The molecular weight excluding hydrogens is 252 g/mol. The van der Waals surface area contributed by atoms with Gasteiger partial charge in [0.1, 0.15) is 5.75 Å². The molecule has 0 spiro atoms. The third kappa shape index (κ3) is 4.94. The smallest absolute Gasteiger partial charge is 0.251 e. The highest BCUT2D eigenvalue weighted by atomic mass is 35.5. The fourth-order valence-electron chi connectivity index (χ4n) is 1.53. The minimum absolute atomic E-state index is 0. The molecule has 0 aliphatic carbocycles. The van der Waals surface area contributed by atoms with Crippen LogP contribution in [0.1, 0.15) is 28.8 Å². The number of carbonyl (C=O) groups excluding carboxylic acids is 1. The minimum atomic E-state index is -0.0691. The predicted molar refractivity (Wildman–Crippen MR) is 75.6 cm³/mol. The summed E-state index contributed by atoms with van der Waals surface area (Å²) in [5.41, 5.74) is 7.03. The lowest BCUT2D eigenvalue weighted by atomic mass is 10.1. The summed E-state index contributed by atoms with van der Waals surface area (Å²) in [5, 5.41) is 2.85. The van der Waals surface area contributed by atoms with E-state index in [9.17, 15) is 4.79 Å². The van der Waals surface area contributed by atoms with Gasteiger partial charge in [-0.1, -0.05) is 6.07 Å². The first-order chi connectivity index (χ1) is 8.19. The second-order valence-corrected chi connectivity index (χ2v) is 3.94. The summed E-state index contributed by atoms with van der Waals surface area (Å²) in [6.45, 7) is 3.27. The van der Waals surface area contributed by atoms with E-state index in [0.717, 1.165) is 24.2 Å². The first kappa shape index (κ1) is 16.7. The van der Waals surface area contributed by atoms with Crippen molar-refractivity contribution < 1.29 is 9.53 Å². The number of nitrogens with two attached hydrogens (primary N) is 1. The Hall–Kier alpha value is -1.26. The normalized spacial score (nSPS) is 9.50. The molecule has 0 saturated heterocycles. The molecule has 18 heavy (non-hydrogen) atoms. The molecule has 0 aliphatic heterocycles. The summed E-state index contributed by atoms with van der Waals surface area (Å²) in [6.07, 6.45) is 1.84. The molecule has 0 atom stereocenters. The van der Waals surface area contributed by atoms with Crippen molar-refractivity contribution in [3.05, 3.63) is 29.3 Å². The summed E-state index contributed by atoms with van der Waals surface area (Å²) < 4.78 is 5.18. The van der Waals surface area contributed by atoms with Crippen molar-refractivity contribution in [3.8, 4) is 5.75 Å². The molecule has 0 fully saturated rings. The van der Waals surface area contributed by atoms with Gasteiger partial charge in [0.05, 0.1) is 7.11 Å². The van der Waals surface area contributed by atoms with E-state index in [1.165, 1.54) is 0 Å². The van der Waals surface area contributed by atoms with Crippen LogP contribution in [-0.2, 0) is 0 Å². The summed E-state index contributed by atoms with van der Waals surface area (Å²) in [6, 6.07) is 5.44. The summed E-state index contributed by atoms with van der Waals surface area (Å²) >= 11 is 0. The van der Waals surface area contributed by atoms with Crippen LogP contribution < -0.4 is 15.8 Å². The largest absolute Gasteiger partial charge is 0.496 e. The van der Waals surface area contributed by atoms with Gasteiger partial charge in [0.15, 0.2) is 0 Å². The molecule has 5 heteroatoms. The third-order valence-electron chi connectivity index (χ3n) is 2.59. The molecule has 0 aliphatic rings. The van der Waals surface area contributed by atoms with Crippen LogP contribution in [0.4, 0.5) is 0 Å². The number of aryl methyl sites for hydroxylation is 1. The van der Waals surface area contributed by atoms with Gasteiger partial charge < -0.3 is 15.8 Å². The van der Waals surface area contributed by atoms with Crippen LogP contribution in [0.15, 0.2) is 18.2 Å². The minimum Gasteiger partial charge on any atom is -0.496 e. The second-order valence-electron chi connectivity index (χ2n) is 3.94. The summed E-state index contributed by atoms with van der Waals surface area (Å²) in [4.78, 5) is 11.8. The third-order valence-corrected chi connectivity index (χ3v) is 2.59. The van der Waals surface area contributed by atoms with Crippen LogP contribution in [-0.4, -0.2) is 26.1 Å². The van der Waals surface area contributed by atoms with Crippen molar-refractivity contribution in [1.82, 2.24) is 5.32 Å². The monoisotopic (exact) mass is 272 g/mol. The molecule has 0 bridgehead atoms. The molecule has 1 rings (SSSR count). The van der Waals surface area contributed by atoms with Gasteiger partial charge in [0, 0.05) is 12.1 Å². The van der Waals surface area contributed by atoms with Crippen molar-refractivity contribution >= 4 is 18.3 Å². The molecule has 0 aromatic heterocycles. The Morgan fingerprint density at radius 2 is 2.11 bits per heavy atom. The molecule has 0 radical (unpaired) electrons. The average Bonchev–Trinajstić information content (AvgIpc) is 2.35. The van der Waals surface area contributed by atoms with Gasteiger partial charge >= 0.3 is 0 Å². The van der Waals surface area contributed by atoms with Crippen molar-refractivity contribution in [1.29, 1.82) is 0 Å². The van der Waals surface area contributed by atoms with Gasteiger partial charge in [0.2, 0.25) is 0 Å². The van der Waals surface area contributed by atoms with Gasteiger partial charge in [-0.3, -0.25) is 4.79 Å². The molecule has 0 unspecified atom stereocenters. The molecular formula is C13H21ClN2O2. The number of halogens is 1. The van der Waals surface area contributed by atoms with Crippen LogP contribution in [0.5, 0.6) is 5.75 Å². The Morgan fingerprint density at radius 3 is 2.72 bits per heavy atom. The first-order valence-electron chi connectivity index (χ1n) is 5.82. The van der Waals surface area contributed by atoms with Crippen molar-refractivity contribution in [2.45, 2.75) is 19.8 Å². The number of rotatable bonds is 6. The first-order valence-corrected chi connectivity index (χ1v) is 5.82. The Bertz CT molecular complexity index is 383. The van der Waals surface area contributed by atoms with Crippen LogP contribution in [0.2, 0.25) is 0 Å². The molecule has 0 saturated carbocycles. The fourth-order valence-corrected chi connectivity index (χ4v) is 1.53. The predicted octanol–water partition coefficient (Wildman–Crippen LogP) is 1.89. The van der Waals surface area contributed by atoms with Gasteiger partial charge in [-0.25, -0.2) is 0 Å². The zero-order valence-corrected chi connectivity index (χ0v) is 11.7. The second kappa shape index (κ2) is 8.78. The standard InChI is InChI=1S/C13H20N2O2.ClH/c1-10-5-6-11(9-12(10)17-2)13(16)15-8-4-3-7-14;/h5-6,9H,3-4,7-8,14H2,1-2H3,(H,15,16);1H. The number of methoxy groups -OCH3 is 1. The van der Waals surface area contributed by atoms with E-state index >= 15 is 0 Å². The summed E-state index contributed by atoms with van der Waals surface area (Å²) in [7, 11) is 1.60. The number of amides is 1. The highest BCUT2D eigenvalue weighted by Crippen LogP contribution is 2.18. The molecule has 1 aromatic rings. The Balaban J connectivity index is 0.00000289. The maximum absolute atomic E-state index is 11.8. The van der Waals surface area contributed by atoms with Gasteiger partial charge in [0.25, 0.3) is 5.91 Å². The highest BCUT2D eigenvalue weighted by molar-refractivity contribution is 5.94. The van der Waals surface area contributed by atoms with Crippen LogP contribution in [0.25, 0.3) is 0 Å². The molecule has 1 amide bonds. The van der Waals surface area contributed by atoms with Crippen molar-refractivity contribution in [2.24, 2.45) is 5.73 Å². The lowest BCUT2D eigenvalue weighted by molar-refractivity contribution is 0.0952. The number of benzene rings is 1. The zero-order valence-electron chi connectivity index (χ0n) is 10.9. The van der Waals surface area contributed by atoms with E-state index < -0.39 is 0 Å². The highest BCUT2D eigenvalue weighted by Gasteiger charge is 2.07. The van der Waals surface area contributed by atoms with Gasteiger partial charge in [-0.05, 0) is 44.0 Å². The maximum Gasteiger partial charge on any atom is 0.251 e. The van der Waals surface area contributed by atoms with E-state index in [4.69, 9.17) is 10.5 Å². The van der Waals surface area contributed by atoms with Crippen LogP contribution in [0.3, 0.4) is 0 Å². The van der Waals surface area contributed by atoms with E-state index in [1.54, 1.807) is 19.2 Å². The lowest BCUT2D eigenvalue weighted by Gasteiger charge is -2.08. The van der Waals surface area contributed by atoms with E-state index in [-0.39, 0.29) is 18.3 Å². The fraction of sp³-hybridized carbons (Fsp3) is 0.462. The van der Waals surface area contributed by atoms with Crippen molar-refractivity contribution in [3.63, 3.8) is 0 Å². The number of nitrogens with one attached hydrogen (secondary N) is 1. The number of ether oxygens (including phenoxy) is 1. The van der Waals surface area contributed by atoms with Gasteiger partial charge in [-0.2, -0.15) is 0 Å². The quantitative estimate of drug-likeness (QED) is 0.778. The van der Waals surface area contributed by atoms with Crippen LogP contribution in [0, 0.1) is 6.92 Å². The Kier molecular flexibility index (Phi) is 8.16. The Labute approximate surface area is 114 Å². The topological polar surface area (TPSA) is 64.3 Å². The lowest BCUT2D eigenvalue weighted by Crippen LogP contribution is -2.24. The summed E-state index contributed by atoms with van der Waals surface area (Å²) in [5.74, 6) is 0.667. The zero-order chi connectivity index (χ0) is 12.7. The molecule has 102 valence electrons. The van der Waals surface area contributed by atoms with E-state index in [2.05, 4.69) is 5.32 Å². The molecule has 3 N–H and O–H groups in total. The molecule has 0 heterocycles. The number of carbonyl (C=O) groups is 1. The van der Waals surface area contributed by atoms with E-state index in [0.29, 0.717) is 18.7 Å². The maximum atomic E-state index is 11.8. The number of hydrogen-bond acceptors (Lipinski definition) is 3. The van der Waals surface area contributed by atoms with E-state index in [1.807, 2.05) is 13.0 Å². The van der Waals surface area contributed by atoms with Gasteiger partial charge in [-0.15, -0.1) is 12.4 Å². The van der Waals surface area contributed by atoms with Crippen LogP contribution >= 0.6 is 12.4 Å². The number of hydrogen-bond donors (Lipinski definition) is 2. The number of unbranched alkanes of at least 4 members (excludes halogenated alkanes) is 1. The molecule has 4 nitrogen and oxygen atoms in total. The SMILES string of the molecule is COc1cc(C(=O)NCCCCN)ccc1C.Cl. The average molecular weight is 273 g/mol. The van der Waals surface area contributed by atoms with Crippen molar-refractivity contribution in [2.75, 3.05) is 20.2 Å².